The summed E-state index contributed by atoms with van der Waals surface area (Å²) in [6, 6.07) is 1.39. The molecule has 2 fully saturated rings. The molecule has 3 atom stereocenters. The van der Waals surface area contributed by atoms with E-state index in [0.29, 0.717) is 12.6 Å². The van der Waals surface area contributed by atoms with Gasteiger partial charge in [-0.1, -0.05) is 26.7 Å². The Morgan fingerprint density at radius 2 is 1.90 bits per heavy atom. The maximum absolute atomic E-state index is 9.71. The Balaban J connectivity index is 1.87. The highest BCUT2D eigenvalue weighted by Gasteiger charge is 2.35. The summed E-state index contributed by atoms with van der Waals surface area (Å²) in [4.78, 5) is 0. The van der Waals surface area contributed by atoms with Crippen molar-refractivity contribution in [2.75, 3.05) is 19.7 Å². The molecule has 0 aromatic heterocycles. The van der Waals surface area contributed by atoms with E-state index in [-0.39, 0.29) is 5.41 Å². The van der Waals surface area contributed by atoms with Crippen LogP contribution >= 0.6 is 0 Å². The fourth-order valence-electron chi connectivity index (χ4n) is 4.10. The third kappa shape index (κ3) is 3.75. The smallest absolute Gasteiger partial charge is 0.0499 e. The fraction of sp³-hybridized carbons (Fsp3) is 1.00. The fourth-order valence-corrected chi connectivity index (χ4v) is 4.10. The van der Waals surface area contributed by atoms with Crippen LogP contribution in [0, 0.1) is 11.3 Å². The number of piperidine rings is 1. The average molecular weight is 282 g/mol. The molecule has 2 aliphatic rings. The van der Waals surface area contributed by atoms with Gasteiger partial charge in [0.25, 0.3) is 0 Å². The maximum Gasteiger partial charge on any atom is 0.0499 e. The molecule has 2 rings (SSSR count). The van der Waals surface area contributed by atoms with Crippen LogP contribution in [0.2, 0.25) is 0 Å². The number of aliphatic hydroxyl groups excluding tert-OH is 1. The summed E-state index contributed by atoms with van der Waals surface area (Å²) < 4.78 is 0. The molecule has 0 aromatic rings. The van der Waals surface area contributed by atoms with Crippen molar-refractivity contribution in [1.29, 1.82) is 0 Å². The van der Waals surface area contributed by atoms with E-state index >= 15 is 0 Å². The van der Waals surface area contributed by atoms with Crippen molar-refractivity contribution in [2.45, 2.75) is 77.3 Å². The summed E-state index contributed by atoms with van der Waals surface area (Å²) in [5.74, 6) is 0.806. The van der Waals surface area contributed by atoms with Gasteiger partial charge in [-0.25, -0.2) is 0 Å². The summed E-state index contributed by atoms with van der Waals surface area (Å²) in [5, 5.41) is 17.3. The van der Waals surface area contributed by atoms with Crippen LogP contribution in [-0.4, -0.2) is 36.9 Å². The second-order valence-electron chi connectivity index (χ2n) is 7.00. The third-order valence-electron chi connectivity index (χ3n) is 6.01. The lowest BCUT2D eigenvalue weighted by Gasteiger charge is -2.36. The average Bonchev–Trinajstić information content (AvgIpc) is 2.99. The van der Waals surface area contributed by atoms with E-state index in [9.17, 15) is 5.11 Å². The standard InChI is InChI=1S/C17H34N2O/c1-3-17(4-2,13-20)12-19-16-10-7-8-14(16)15-9-5-6-11-18-15/h14-16,18-20H,3-13H2,1-2H3. The molecule has 1 aliphatic heterocycles. The predicted molar refractivity (Wildman–Crippen MR) is 84.9 cm³/mol. The van der Waals surface area contributed by atoms with E-state index in [1.807, 2.05) is 0 Å². The summed E-state index contributed by atoms with van der Waals surface area (Å²) in [6.45, 7) is 6.90. The first-order valence-electron chi connectivity index (χ1n) is 8.82. The lowest BCUT2D eigenvalue weighted by Crippen LogP contribution is -2.49. The number of hydrogen-bond donors (Lipinski definition) is 3. The van der Waals surface area contributed by atoms with Crippen molar-refractivity contribution in [3.05, 3.63) is 0 Å². The minimum Gasteiger partial charge on any atom is -0.396 e. The van der Waals surface area contributed by atoms with E-state index in [1.165, 1.54) is 45.1 Å². The molecule has 0 spiro atoms. The second kappa shape index (κ2) is 7.77. The Labute approximate surface area is 124 Å². The topological polar surface area (TPSA) is 44.3 Å². The zero-order valence-corrected chi connectivity index (χ0v) is 13.5. The quantitative estimate of drug-likeness (QED) is 0.673. The molecule has 3 N–H and O–H groups in total. The van der Waals surface area contributed by atoms with Gasteiger partial charge in [0.05, 0.1) is 0 Å². The van der Waals surface area contributed by atoms with Crippen LogP contribution in [0.3, 0.4) is 0 Å². The molecule has 0 radical (unpaired) electrons. The van der Waals surface area contributed by atoms with Crippen molar-refractivity contribution in [2.24, 2.45) is 11.3 Å². The predicted octanol–water partition coefficient (Wildman–Crippen LogP) is 2.69. The highest BCUT2D eigenvalue weighted by Crippen LogP contribution is 2.33. The van der Waals surface area contributed by atoms with Crippen LogP contribution in [0.15, 0.2) is 0 Å². The minimum absolute atomic E-state index is 0.0904. The highest BCUT2D eigenvalue weighted by atomic mass is 16.3. The molecule has 1 saturated carbocycles. The number of rotatable bonds is 7. The van der Waals surface area contributed by atoms with Gasteiger partial charge in [0.2, 0.25) is 0 Å². The van der Waals surface area contributed by atoms with E-state index < -0.39 is 0 Å². The molecule has 0 amide bonds. The monoisotopic (exact) mass is 282 g/mol. The zero-order valence-electron chi connectivity index (χ0n) is 13.5. The van der Waals surface area contributed by atoms with Gasteiger partial charge in [-0.15, -0.1) is 0 Å². The molecular weight excluding hydrogens is 248 g/mol. The molecule has 0 aromatic carbocycles. The first kappa shape index (κ1) is 16.3. The Kier molecular flexibility index (Phi) is 6.31. The van der Waals surface area contributed by atoms with Gasteiger partial charge in [-0.05, 0) is 51.0 Å². The SMILES string of the molecule is CCC(CC)(CO)CNC1CCCC1C1CCCCN1. The molecule has 3 unspecified atom stereocenters. The van der Waals surface area contributed by atoms with Crippen LogP contribution in [0.1, 0.15) is 65.2 Å². The van der Waals surface area contributed by atoms with Gasteiger partial charge in [0, 0.05) is 30.7 Å². The molecule has 118 valence electrons. The molecular formula is C17H34N2O. The van der Waals surface area contributed by atoms with Crippen molar-refractivity contribution in [3.8, 4) is 0 Å². The Bertz CT molecular complexity index is 264. The molecule has 3 heteroatoms. The second-order valence-corrected chi connectivity index (χ2v) is 7.00. The van der Waals surface area contributed by atoms with Gasteiger partial charge in [-0.2, -0.15) is 0 Å². The number of nitrogens with one attached hydrogen (secondary N) is 2. The van der Waals surface area contributed by atoms with E-state index in [2.05, 4.69) is 24.5 Å². The first-order valence-corrected chi connectivity index (χ1v) is 8.82. The molecule has 1 saturated heterocycles. The van der Waals surface area contributed by atoms with Gasteiger partial charge in [-0.3, -0.25) is 0 Å². The van der Waals surface area contributed by atoms with Crippen LogP contribution in [0.5, 0.6) is 0 Å². The van der Waals surface area contributed by atoms with E-state index in [1.54, 1.807) is 0 Å². The molecule has 20 heavy (non-hydrogen) atoms. The summed E-state index contributed by atoms with van der Waals surface area (Å²) in [5.41, 5.74) is 0.0904. The summed E-state index contributed by atoms with van der Waals surface area (Å²) in [7, 11) is 0. The third-order valence-corrected chi connectivity index (χ3v) is 6.01. The molecule has 0 bridgehead atoms. The van der Waals surface area contributed by atoms with Crippen molar-refractivity contribution in [3.63, 3.8) is 0 Å². The largest absolute Gasteiger partial charge is 0.396 e. The van der Waals surface area contributed by atoms with Gasteiger partial charge in [0.15, 0.2) is 0 Å². The van der Waals surface area contributed by atoms with Crippen LogP contribution < -0.4 is 10.6 Å². The lowest BCUT2D eigenvalue weighted by molar-refractivity contribution is 0.105. The van der Waals surface area contributed by atoms with Crippen molar-refractivity contribution in [1.82, 2.24) is 10.6 Å². The Hall–Kier alpha value is -0.120. The first-order chi connectivity index (χ1) is 9.74. The van der Waals surface area contributed by atoms with Crippen molar-refractivity contribution < 1.29 is 5.11 Å². The highest BCUT2D eigenvalue weighted by molar-refractivity contribution is 4.93. The van der Waals surface area contributed by atoms with Crippen LogP contribution in [0.4, 0.5) is 0 Å². The summed E-state index contributed by atoms with van der Waals surface area (Å²) in [6.07, 6.45) is 10.3. The maximum atomic E-state index is 9.71. The molecule has 3 nitrogen and oxygen atoms in total. The van der Waals surface area contributed by atoms with E-state index in [0.717, 1.165) is 31.3 Å². The van der Waals surface area contributed by atoms with Gasteiger partial charge >= 0.3 is 0 Å². The minimum atomic E-state index is 0.0904. The zero-order chi connectivity index (χ0) is 14.4. The molecule has 1 aliphatic carbocycles. The van der Waals surface area contributed by atoms with Crippen molar-refractivity contribution >= 4 is 0 Å². The van der Waals surface area contributed by atoms with Crippen LogP contribution in [-0.2, 0) is 0 Å². The number of aliphatic hydroxyl groups is 1. The van der Waals surface area contributed by atoms with Gasteiger partial charge in [0.1, 0.15) is 0 Å². The van der Waals surface area contributed by atoms with E-state index in [4.69, 9.17) is 0 Å². The van der Waals surface area contributed by atoms with Crippen LogP contribution in [0.25, 0.3) is 0 Å². The Morgan fingerprint density at radius 1 is 1.10 bits per heavy atom. The Morgan fingerprint density at radius 3 is 2.50 bits per heavy atom. The normalized spacial score (nSPS) is 31.6. The lowest BCUT2D eigenvalue weighted by atomic mass is 9.82. The van der Waals surface area contributed by atoms with Gasteiger partial charge < -0.3 is 15.7 Å². The molecule has 1 heterocycles. The number of hydrogen-bond acceptors (Lipinski definition) is 3. The summed E-state index contributed by atoms with van der Waals surface area (Å²) >= 11 is 0.